The van der Waals surface area contributed by atoms with Gasteiger partial charge in [0.2, 0.25) is 5.91 Å². The molecule has 0 spiro atoms. The molecule has 0 saturated carbocycles. The summed E-state index contributed by atoms with van der Waals surface area (Å²) in [6.07, 6.45) is 1.15. The lowest BCUT2D eigenvalue weighted by molar-refractivity contribution is -0.118. The van der Waals surface area contributed by atoms with E-state index in [4.69, 9.17) is 11.6 Å². The van der Waals surface area contributed by atoms with Crippen LogP contribution < -0.4 is 5.32 Å². The molecule has 2 aromatic carbocycles. The number of benzene rings is 2. The summed E-state index contributed by atoms with van der Waals surface area (Å²) in [6, 6.07) is 18.1. The van der Waals surface area contributed by atoms with E-state index in [-0.39, 0.29) is 18.9 Å². The van der Waals surface area contributed by atoms with E-state index in [0.29, 0.717) is 12.3 Å². The van der Waals surface area contributed by atoms with Gasteiger partial charge >= 0.3 is 0 Å². The molecule has 2 fully saturated rings. The largest absolute Gasteiger partial charge is 0.355 e. The molecular formula is C22H27ClF2N2OS. The fourth-order valence-corrected chi connectivity index (χ4v) is 3.70. The van der Waals surface area contributed by atoms with Gasteiger partial charge in [-0.2, -0.15) is 11.8 Å². The van der Waals surface area contributed by atoms with Crippen LogP contribution in [0.4, 0.5) is 8.78 Å². The normalized spacial score (nSPS) is 18.4. The molecule has 1 N–H and O–H groups in total. The molecule has 3 nitrogen and oxygen atoms in total. The standard InChI is InChI=1S/C12H9Cl.C5H9F2N.C5H9NOS/c13-12-8-6-11(7-9-12)10-4-2-1-3-5-10;1-8-3-2-5(6,7)4-8;7-5-4-8-3-1-2-6-5/h1-9H;2-4H2,1H3;1-4H2,(H,6,7). The van der Waals surface area contributed by atoms with Gasteiger partial charge in [-0.25, -0.2) is 8.78 Å². The van der Waals surface area contributed by atoms with E-state index in [1.54, 1.807) is 23.7 Å². The number of likely N-dealkylation sites (tertiary alicyclic amines) is 1. The Kier molecular flexibility index (Phi) is 9.91. The zero-order valence-electron chi connectivity index (χ0n) is 16.5. The highest BCUT2D eigenvalue weighted by Crippen LogP contribution is 2.25. The number of thioether (sulfide) groups is 1. The number of hydrogen-bond donors (Lipinski definition) is 1. The average Bonchev–Trinajstić information content (AvgIpc) is 2.87. The van der Waals surface area contributed by atoms with Crippen molar-refractivity contribution in [3.05, 3.63) is 59.6 Å². The van der Waals surface area contributed by atoms with E-state index in [0.717, 1.165) is 23.7 Å². The molecule has 0 aromatic heterocycles. The van der Waals surface area contributed by atoms with E-state index in [1.807, 2.05) is 42.5 Å². The number of amides is 1. The zero-order chi connectivity index (χ0) is 21.1. The summed E-state index contributed by atoms with van der Waals surface area (Å²) in [5, 5.41) is 3.56. The van der Waals surface area contributed by atoms with Crippen molar-refractivity contribution < 1.29 is 13.6 Å². The van der Waals surface area contributed by atoms with E-state index >= 15 is 0 Å². The molecule has 0 atom stereocenters. The summed E-state index contributed by atoms with van der Waals surface area (Å²) in [6.45, 7) is 1.34. The molecule has 2 aliphatic rings. The number of carbonyl (C=O) groups is 1. The van der Waals surface area contributed by atoms with Crippen LogP contribution in [0, 0.1) is 0 Å². The highest BCUT2D eigenvalue weighted by Gasteiger charge is 2.35. The van der Waals surface area contributed by atoms with Crippen LogP contribution in [0.3, 0.4) is 0 Å². The number of halogens is 3. The Morgan fingerprint density at radius 2 is 1.72 bits per heavy atom. The van der Waals surface area contributed by atoms with Gasteiger partial charge in [0.25, 0.3) is 5.92 Å². The first-order chi connectivity index (χ1) is 13.9. The summed E-state index contributed by atoms with van der Waals surface area (Å²) in [5.41, 5.74) is 2.42. The Hall–Kier alpha value is -1.63. The van der Waals surface area contributed by atoms with Gasteiger partial charge in [0.05, 0.1) is 12.3 Å². The maximum atomic E-state index is 12.2. The Morgan fingerprint density at radius 3 is 2.28 bits per heavy atom. The molecule has 0 bridgehead atoms. The third kappa shape index (κ3) is 9.61. The summed E-state index contributed by atoms with van der Waals surface area (Å²) in [4.78, 5) is 12.2. The van der Waals surface area contributed by atoms with Gasteiger partial charge in [0.15, 0.2) is 0 Å². The second kappa shape index (κ2) is 12.2. The number of hydrogen-bond acceptors (Lipinski definition) is 3. The highest BCUT2D eigenvalue weighted by molar-refractivity contribution is 7.99. The van der Waals surface area contributed by atoms with Gasteiger partial charge in [-0.1, -0.05) is 54.1 Å². The summed E-state index contributed by atoms with van der Waals surface area (Å²) in [5.74, 6) is -0.444. The van der Waals surface area contributed by atoms with Crippen molar-refractivity contribution in [3.8, 4) is 11.1 Å². The lowest BCUT2D eigenvalue weighted by Gasteiger charge is -2.06. The lowest BCUT2D eigenvalue weighted by Crippen LogP contribution is -2.23. The van der Waals surface area contributed by atoms with E-state index in [9.17, 15) is 13.6 Å². The number of rotatable bonds is 1. The van der Waals surface area contributed by atoms with E-state index < -0.39 is 5.92 Å². The summed E-state index contributed by atoms with van der Waals surface area (Å²) in [7, 11) is 1.71. The molecule has 7 heteroatoms. The first-order valence-electron chi connectivity index (χ1n) is 9.57. The first-order valence-corrected chi connectivity index (χ1v) is 11.1. The molecule has 2 aliphatic heterocycles. The van der Waals surface area contributed by atoms with Crippen molar-refractivity contribution in [2.45, 2.75) is 18.8 Å². The third-order valence-corrected chi connectivity index (χ3v) is 5.63. The monoisotopic (exact) mass is 440 g/mol. The third-order valence-electron chi connectivity index (χ3n) is 4.33. The molecule has 0 radical (unpaired) electrons. The minimum absolute atomic E-state index is 0.0312. The van der Waals surface area contributed by atoms with Crippen LogP contribution in [-0.2, 0) is 4.79 Å². The quantitative estimate of drug-likeness (QED) is 0.661. The number of nitrogens with one attached hydrogen (secondary N) is 1. The SMILES string of the molecule is CN1CCC(F)(F)C1.Clc1ccc(-c2ccccc2)cc1.O=C1CSCCCN1. The van der Waals surface area contributed by atoms with Gasteiger partial charge in [0, 0.05) is 24.5 Å². The minimum atomic E-state index is -2.41. The van der Waals surface area contributed by atoms with Crippen LogP contribution in [0.1, 0.15) is 12.8 Å². The van der Waals surface area contributed by atoms with Crippen molar-refractivity contribution in [2.75, 3.05) is 38.2 Å². The van der Waals surface area contributed by atoms with E-state index in [2.05, 4.69) is 17.4 Å². The maximum absolute atomic E-state index is 12.2. The molecule has 29 heavy (non-hydrogen) atoms. The second-order valence-corrected chi connectivity index (χ2v) is 8.51. The highest BCUT2D eigenvalue weighted by atomic mass is 35.5. The van der Waals surface area contributed by atoms with Gasteiger partial charge in [-0.15, -0.1) is 0 Å². The first kappa shape index (κ1) is 23.6. The van der Waals surface area contributed by atoms with E-state index in [1.165, 1.54) is 11.1 Å². The maximum Gasteiger partial charge on any atom is 0.261 e. The summed E-state index contributed by atoms with van der Waals surface area (Å²) >= 11 is 7.51. The predicted molar refractivity (Wildman–Crippen MR) is 119 cm³/mol. The van der Waals surface area contributed by atoms with Crippen LogP contribution in [0.2, 0.25) is 5.02 Å². The Balaban J connectivity index is 0.000000164. The van der Waals surface area contributed by atoms with Crippen molar-refractivity contribution >= 4 is 29.3 Å². The van der Waals surface area contributed by atoms with Crippen LogP contribution >= 0.6 is 23.4 Å². The fourth-order valence-electron chi connectivity index (χ4n) is 2.80. The zero-order valence-corrected chi connectivity index (χ0v) is 18.1. The van der Waals surface area contributed by atoms with Gasteiger partial charge < -0.3 is 10.2 Å². The van der Waals surface area contributed by atoms with Gasteiger partial charge in [0.1, 0.15) is 0 Å². The number of carbonyl (C=O) groups excluding carboxylic acids is 1. The van der Waals surface area contributed by atoms with Crippen molar-refractivity contribution in [1.82, 2.24) is 10.2 Å². The summed E-state index contributed by atoms with van der Waals surface area (Å²) < 4.78 is 24.3. The van der Waals surface area contributed by atoms with Crippen molar-refractivity contribution in [2.24, 2.45) is 0 Å². The molecule has 2 saturated heterocycles. The number of nitrogens with zero attached hydrogens (tertiary/aromatic N) is 1. The predicted octanol–water partition coefficient (Wildman–Crippen LogP) is 5.20. The van der Waals surface area contributed by atoms with Crippen LogP contribution in [-0.4, -0.2) is 54.9 Å². The topological polar surface area (TPSA) is 32.3 Å². The Bertz CT molecular complexity index is 734. The number of alkyl halides is 2. The van der Waals surface area contributed by atoms with Crippen molar-refractivity contribution in [3.63, 3.8) is 0 Å². The fraction of sp³-hybridized carbons (Fsp3) is 0.409. The molecule has 158 valence electrons. The Labute approximate surface area is 180 Å². The molecule has 2 aromatic rings. The van der Waals surface area contributed by atoms with Crippen LogP contribution in [0.25, 0.3) is 11.1 Å². The molecular weight excluding hydrogens is 414 g/mol. The second-order valence-electron chi connectivity index (χ2n) is 6.97. The van der Waals surface area contributed by atoms with Crippen molar-refractivity contribution in [1.29, 1.82) is 0 Å². The minimum Gasteiger partial charge on any atom is -0.355 e. The van der Waals surface area contributed by atoms with Crippen LogP contribution in [0.15, 0.2) is 54.6 Å². The molecule has 0 aliphatic carbocycles. The molecule has 4 rings (SSSR count). The van der Waals surface area contributed by atoms with Crippen LogP contribution in [0.5, 0.6) is 0 Å². The molecule has 0 unspecified atom stereocenters. The molecule has 1 amide bonds. The Morgan fingerprint density at radius 1 is 1.07 bits per heavy atom. The average molecular weight is 441 g/mol. The lowest BCUT2D eigenvalue weighted by atomic mass is 10.1. The molecule has 2 heterocycles. The van der Waals surface area contributed by atoms with Gasteiger partial charge in [-0.05, 0) is 42.5 Å². The smallest absolute Gasteiger partial charge is 0.261 e. The van der Waals surface area contributed by atoms with Gasteiger partial charge in [-0.3, -0.25) is 4.79 Å².